The van der Waals surface area contributed by atoms with Gasteiger partial charge in [0.15, 0.2) is 17.5 Å². The van der Waals surface area contributed by atoms with Crippen LogP contribution >= 0.6 is 23.1 Å². The van der Waals surface area contributed by atoms with Crippen molar-refractivity contribution in [2.24, 2.45) is 0 Å². The molecule has 5 nitrogen and oxygen atoms in total. The largest absolute Gasteiger partial charge is 0.344 e. The molecule has 0 saturated carbocycles. The standard InChI is InChI=1S/C19H18ClF2N5S/c20-15-10-14(11-23-12-15)18-24-19(28-25-18)27-7-5-26(6-8-27)4-3-13-1-2-16(21)17(22)9-13/h1-2,9-12H,3-8H2. The van der Waals surface area contributed by atoms with Crippen LogP contribution in [0.3, 0.4) is 0 Å². The molecule has 1 aliphatic rings. The van der Waals surface area contributed by atoms with E-state index in [0.717, 1.165) is 49.0 Å². The van der Waals surface area contributed by atoms with E-state index < -0.39 is 11.6 Å². The summed E-state index contributed by atoms with van der Waals surface area (Å²) >= 11 is 7.36. The Balaban J connectivity index is 1.31. The molecule has 0 atom stereocenters. The molecule has 1 aliphatic heterocycles. The van der Waals surface area contributed by atoms with Gasteiger partial charge in [0, 0.05) is 62.2 Å². The Kier molecular flexibility index (Phi) is 5.79. The van der Waals surface area contributed by atoms with E-state index in [1.165, 1.54) is 23.7 Å². The zero-order valence-corrected chi connectivity index (χ0v) is 16.6. The molecular weight excluding hydrogens is 404 g/mol. The first-order chi connectivity index (χ1) is 13.6. The maximum absolute atomic E-state index is 13.3. The fourth-order valence-corrected chi connectivity index (χ4v) is 4.05. The number of hydrogen-bond donors (Lipinski definition) is 0. The summed E-state index contributed by atoms with van der Waals surface area (Å²) in [5, 5.41) is 1.44. The highest BCUT2D eigenvalue weighted by Crippen LogP contribution is 2.25. The van der Waals surface area contributed by atoms with Crippen molar-refractivity contribution in [2.45, 2.75) is 6.42 Å². The summed E-state index contributed by atoms with van der Waals surface area (Å²) in [6.45, 7) is 4.28. The minimum Gasteiger partial charge on any atom is -0.344 e. The second-order valence-corrected chi connectivity index (χ2v) is 7.79. The van der Waals surface area contributed by atoms with Gasteiger partial charge in [-0.05, 0) is 30.2 Å². The number of rotatable bonds is 5. The van der Waals surface area contributed by atoms with Gasteiger partial charge >= 0.3 is 0 Å². The monoisotopic (exact) mass is 421 g/mol. The summed E-state index contributed by atoms with van der Waals surface area (Å²) in [5.41, 5.74) is 1.62. The van der Waals surface area contributed by atoms with Crippen LogP contribution in [-0.2, 0) is 6.42 Å². The zero-order chi connectivity index (χ0) is 19.5. The van der Waals surface area contributed by atoms with Crippen LogP contribution < -0.4 is 4.90 Å². The van der Waals surface area contributed by atoms with Gasteiger partial charge in [0.05, 0.1) is 5.02 Å². The summed E-state index contributed by atoms with van der Waals surface area (Å²) in [4.78, 5) is 13.2. The molecule has 4 rings (SSSR count). The second-order valence-electron chi connectivity index (χ2n) is 6.62. The van der Waals surface area contributed by atoms with E-state index in [1.807, 2.05) is 0 Å². The fourth-order valence-electron chi connectivity index (χ4n) is 3.14. The summed E-state index contributed by atoms with van der Waals surface area (Å²) in [7, 11) is 0. The number of hydrogen-bond acceptors (Lipinski definition) is 6. The summed E-state index contributed by atoms with van der Waals surface area (Å²) in [6, 6.07) is 5.91. The van der Waals surface area contributed by atoms with Gasteiger partial charge < -0.3 is 4.90 Å². The van der Waals surface area contributed by atoms with Crippen molar-refractivity contribution < 1.29 is 8.78 Å². The molecule has 2 aromatic heterocycles. The van der Waals surface area contributed by atoms with Gasteiger partial charge in [-0.1, -0.05) is 17.7 Å². The minimum absolute atomic E-state index is 0.559. The number of piperazine rings is 1. The van der Waals surface area contributed by atoms with E-state index in [4.69, 9.17) is 11.6 Å². The van der Waals surface area contributed by atoms with Crippen LogP contribution in [0.15, 0.2) is 36.7 Å². The smallest absolute Gasteiger partial charge is 0.205 e. The lowest BCUT2D eigenvalue weighted by atomic mass is 10.1. The van der Waals surface area contributed by atoms with Crippen LogP contribution in [0.4, 0.5) is 13.9 Å². The molecule has 0 aliphatic carbocycles. The summed E-state index contributed by atoms with van der Waals surface area (Å²) < 4.78 is 30.8. The van der Waals surface area contributed by atoms with Crippen LogP contribution in [-0.4, -0.2) is 52.0 Å². The van der Waals surface area contributed by atoms with Crippen LogP contribution in [0.25, 0.3) is 11.4 Å². The highest BCUT2D eigenvalue weighted by atomic mass is 35.5. The number of benzene rings is 1. The third-order valence-corrected chi connectivity index (χ3v) is 5.71. The minimum atomic E-state index is -0.803. The van der Waals surface area contributed by atoms with Crippen LogP contribution in [0.1, 0.15) is 5.56 Å². The Labute approximate surface area is 170 Å². The molecule has 1 saturated heterocycles. The third-order valence-electron chi connectivity index (χ3n) is 4.72. The molecule has 1 fully saturated rings. The van der Waals surface area contributed by atoms with Crippen molar-refractivity contribution in [3.63, 3.8) is 0 Å². The Bertz CT molecular complexity index is 959. The maximum atomic E-state index is 13.3. The number of aromatic nitrogens is 3. The molecule has 9 heteroatoms. The molecule has 0 unspecified atom stereocenters. The quantitative estimate of drug-likeness (QED) is 0.625. The Morgan fingerprint density at radius 1 is 1.04 bits per heavy atom. The van der Waals surface area contributed by atoms with Crippen LogP contribution in [0.5, 0.6) is 0 Å². The number of pyridine rings is 1. The molecule has 0 spiro atoms. The van der Waals surface area contributed by atoms with E-state index in [9.17, 15) is 8.78 Å². The third kappa shape index (κ3) is 4.45. The molecule has 28 heavy (non-hydrogen) atoms. The lowest BCUT2D eigenvalue weighted by Gasteiger charge is -2.34. The van der Waals surface area contributed by atoms with E-state index in [-0.39, 0.29) is 0 Å². The second kappa shape index (κ2) is 8.46. The van der Waals surface area contributed by atoms with E-state index in [2.05, 4.69) is 24.1 Å². The molecule has 146 valence electrons. The predicted octanol–water partition coefficient (Wildman–Crippen LogP) is 3.90. The summed E-state index contributed by atoms with van der Waals surface area (Å²) in [5.74, 6) is -0.956. The van der Waals surface area contributed by atoms with Crippen molar-refractivity contribution in [2.75, 3.05) is 37.6 Å². The van der Waals surface area contributed by atoms with Crippen molar-refractivity contribution in [1.82, 2.24) is 19.2 Å². The fraction of sp³-hybridized carbons (Fsp3) is 0.316. The Morgan fingerprint density at radius 2 is 1.86 bits per heavy atom. The van der Waals surface area contributed by atoms with Gasteiger partial charge in [-0.3, -0.25) is 9.88 Å². The normalized spacial score (nSPS) is 15.2. The molecule has 0 amide bonds. The van der Waals surface area contributed by atoms with Crippen molar-refractivity contribution in [3.8, 4) is 11.4 Å². The maximum Gasteiger partial charge on any atom is 0.205 e. The average Bonchev–Trinajstić information content (AvgIpc) is 3.20. The van der Waals surface area contributed by atoms with E-state index in [1.54, 1.807) is 24.5 Å². The van der Waals surface area contributed by atoms with Gasteiger partial charge in [-0.2, -0.15) is 9.36 Å². The number of nitrogens with zero attached hydrogens (tertiary/aromatic N) is 5. The van der Waals surface area contributed by atoms with Crippen molar-refractivity contribution in [3.05, 3.63) is 58.9 Å². The highest BCUT2D eigenvalue weighted by molar-refractivity contribution is 7.09. The van der Waals surface area contributed by atoms with Crippen LogP contribution in [0, 0.1) is 11.6 Å². The number of halogens is 3. The average molecular weight is 422 g/mol. The lowest BCUT2D eigenvalue weighted by Crippen LogP contribution is -2.47. The molecule has 3 heterocycles. The summed E-state index contributed by atoms with van der Waals surface area (Å²) in [6.07, 6.45) is 3.98. The van der Waals surface area contributed by atoms with Gasteiger partial charge in [0.25, 0.3) is 0 Å². The van der Waals surface area contributed by atoms with Crippen molar-refractivity contribution in [1.29, 1.82) is 0 Å². The van der Waals surface area contributed by atoms with Crippen molar-refractivity contribution >= 4 is 28.3 Å². The van der Waals surface area contributed by atoms with E-state index >= 15 is 0 Å². The molecule has 3 aromatic rings. The topological polar surface area (TPSA) is 45.2 Å². The van der Waals surface area contributed by atoms with E-state index in [0.29, 0.717) is 17.3 Å². The first-order valence-corrected chi connectivity index (χ1v) is 10.1. The number of anilines is 1. The molecule has 1 aromatic carbocycles. The SMILES string of the molecule is Fc1ccc(CCN2CCN(c3nc(-c4cncc(Cl)c4)ns3)CC2)cc1F. The molecule has 0 N–H and O–H groups in total. The molecule has 0 radical (unpaired) electrons. The molecule has 0 bridgehead atoms. The molecular formula is C19H18ClF2N5S. The van der Waals surface area contributed by atoms with Gasteiger partial charge in [-0.15, -0.1) is 0 Å². The van der Waals surface area contributed by atoms with Crippen LogP contribution in [0.2, 0.25) is 5.02 Å². The highest BCUT2D eigenvalue weighted by Gasteiger charge is 2.20. The first kappa shape index (κ1) is 19.2. The first-order valence-electron chi connectivity index (χ1n) is 8.94. The Hall–Kier alpha value is -2.16. The van der Waals surface area contributed by atoms with Gasteiger partial charge in [0.2, 0.25) is 5.13 Å². The predicted molar refractivity (Wildman–Crippen MR) is 107 cm³/mol. The van der Waals surface area contributed by atoms with Gasteiger partial charge in [-0.25, -0.2) is 8.78 Å². The Morgan fingerprint density at radius 3 is 2.61 bits per heavy atom. The lowest BCUT2D eigenvalue weighted by molar-refractivity contribution is 0.261. The van der Waals surface area contributed by atoms with Gasteiger partial charge in [0.1, 0.15) is 0 Å². The zero-order valence-electron chi connectivity index (χ0n) is 15.0.